The molecule has 2 heterocycles. The molecule has 0 radical (unpaired) electrons. The summed E-state index contributed by atoms with van der Waals surface area (Å²) in [6.07, 6.45) is 1.15. The van der Waals surface area contributed by atoms with Crippen LogP contribution in [0, 0.1) is 10.1 Å². The number of nitro benzene ring substituents is 1. The Kier molecular flexibility index (Phi) is 6.52. The van der Waals surface area contributed by atoms with E-state index in [-0.39, 0.29) is 34.8 Å². The van der Waals surface area contributed by atoms with E-state index < -0.39 is 23.3 Å². The zero-order valence-electron chi connectivity index (χ0n) is 17.5. The van der Waals surface area contributed by atoms with Crippen LogP contribution in [0.4, 0.5) is 10.5 Å². The van der Waals surface area contributed by atoms with Gasteiger partial charge in [-0.05, 0) is 32.8 Å². The first-order valence-electron chi connectivity index (χ1n) is 10.2. The van der Waals surface area contributed by atoms with Crippen LogP contribution < -0.4 is 5.32 Å². The highest BCUT2D eigenvalue weighted by atomic mass is 16.6. The number of carbonyl (C=O) groups excluding carboxylic acids is 4. The number of non-ortho nitro benzene ring substituents is 1. The Morgan fingerprint density at radius 3 is 2.32 bits per heavy atom. The second-order valence-corrected chi connectivity index (χ2v) is 7.46. The van der Waals surface area contributed by atoms with E-state index in [1.165, 1.54) is 6.07 Å². The number of nitrogens with zero attached hydrogens (tertiary/aromatic N) is 4. The van der Waals surface area contributed by atoms with Crippen LogP contribution in [0.5, 0.6) is 0 Å². The van der Waals surface area contributed by atoms with Gasteiger partial charge in [0.2, 0.25) is 5.91 Å². The Balaban J connectivity index is 1.57. The van der Waals surface area contributed by atoms with Crippen molar-refractivity contribution < 1.29 is 24.1 Å². The second-order valence-electron chi connectivity index (χ2n) is 7.46. The quantitative estimate of drug-likeness (QED) is 0.409. The normalized spacial score (nSPS) is 16.3. The maximum Gasteiger partial charge on any atom is 0.317 e. The summed E-state index contributed by atoms with van der Waals surface area (Å²) in [5.74, 6) is -1.72. The summed E-state index contributed by atoms with van der Waals surface area (Å²) in [6.45, 7) is 5.42. The van der Waals surface area contributed by atoms with Gasteiger partial charge in [0.05, 0.1) is 16.1 Å². The lowest BCUT2D eigenvalue weighted by molar-refractivity contribution is -0.384. The van der Waals surface area contributed by atoms with Crippen LogP contribution in [0.25, 0.3) is 0 Å². The molecule has 31 heavy (non-hydrogen) atoms. The van der Waals surface area contributed by atoms with Gasteiger partial charge < -0.3 is 15.1 Å². The molecule has 0 saturated carbocycles. The van der Waals surface area contributed by atoms with Crippen molar-refractivity contribution in [2.24, 2.45) is 0 Å². The lowest BCUT2D eigenvalue weighted by atomic mass is 10.1. The number of piperidine rings is 1. The first kappa shape index (κ1) is 22.2. The van der Waals surface area contributed by atoms with Crippen LogP contribution in [-0.4, -0.2) is 82.1 Å². The predicted molar refractivity (Wildman–Crippen MR) is 110 cm³/mol. The molecule has 3 rings (SSSR count). The topological polar surface area (TPSA) is 133 Å². The SMILES string of the molecule is CCN(CC)C(=O)NC1CCN(C(=O)CN2C(=O)c3ccc([N+](=O)[O-])cc3C2=O)CC1. The van der Waals surface area contributed by atoms with Crippen molar-refractivity contribution in [2.45, 2.75) is 32.7 Å². The Bertz CT molecular complexity index is 921. The third-order valence-electron chi connectivity index (χ3n) is 5.68. The maximum absolute atomic E-state index is 12.7. The minimum Gasteiger partial charge on any atom is -0.341 e. The Labute approximate surface area is 179 Å². The highest BCUT2D eigenvalue weighted by molar-refractivity contribution is 6.22. The fraction of sp³-hybridized carbons (Fsp3) is 0.500. The third kappa shape index (κ3) is 4.49. The molecule has 0 spiro atoms. The smallest absolute Gasteiger partial charge is 0.317 e. The van der Waals surface area contributed by atoms with Crippen molar-refractivity contribution in [3.8, 4) is 0 Å². The summed E-state index contributed by atoms with van der Waals surface area (Å²) in [5, 5.41) is 13.9. The number of nitrogens with one attached hydrogen (secondary N) is 1. The van der Waals surface area contributed by atoms with Crippen molar-refractivity contribution in [1.82, 2.24) is 20.0 Å². The minimum absolute atomic E-state index is 0.0444. The molecule has 1 saturated heterocycles. The fourth-order valence-corrected chi connectivity index (χ4v) is 3.82. The average Bonchev–Trinajstić information content (AvgIpc) is 2.99. The Hall–Kier alpha value is -3.50. The van der Waals surface area contributed by atoms with Crippen LogP contribution in [-0.2, 0) is 4.79 Å². The van der Waals surface area contributed by atoms with Crippen LogP contribution in [0.3, 0.4) is 0 Å². The van der Waals surface area contributed by atoms with Crippen LogP contribution >= 0.6 is 0 Å². The van der Waals surface area contributed by atoms with Crippen molar-refractivity contribution in [2.75, 3.05) is 32.7 Å². The van der Waals surface area contributed by atoms with Crippen LogP contribution in [0.1, 0.15) is 47.4 Å². The largest absolute Gasteiger partial charge is 0.341 e. The summed E-state index contributed by atoms with van der Waals surface area (Å²) in [7, 11) is 0. The molecule has 5 amide bonds. The summed E-state index contributed by atoms with van der Waals surface area (Å²) < 4.78 is 0. The fourth-order valence-electron chi connectivity index (χ4n) is 3.82. The third-order valence-corrected chi connectivity index (χ3v) is 5.68. The summed E-state index contributed by atoms with van der Waals surface area (Å²) in [5.41, 5.74) is -0.298. The van der Waals surface area contributed by atoms with E-state index in [4.69, 9.17) is 0 Å². The number of amides is 5. The monoisotopic (exact) mass is 431 g/mol. The number of carbonyl (C=O) groups is 4. The van der Waals surface area contributed by atoms with Gasteiger partial charge in [-0.2, -0.15) is 0 Å². The molecular weight excluding hydrogens is 406 g/mol. The lowest BCUT2D eigenvalue weighted by Gasteiger charge is -2.34. The van der Waals surface area contributed by atoms with E-state index in [1.807, 2.05) is 13.8 Å². The number of likely N-dealkylation sites (tertiary alicyclic amines) is 1. The molecule has 166 valence electrons. The van der Waals surface area contributed by atoms with Crippen molar-refractivity contribution in [1.29, 1.82) is 0 Å². The Morgan fingerprint density at radius 1 is 1.13 bits per heavy atom. The van der Waals surface area contributed by atoms with E-state index in [0.717, 1.165) is 17.0 Å². The van der Waals surface area contributed by atoms with E-state index in [1.54, 1.807) is 9.80 Å². The number of fused-ring (bicyclic) bond motifs is 1. The molecule has 1 N–H and O–H groups in total. The van der Waals surface area contributed by atoms with Gasteiger partial charge in [0.1, 0.15) is 6.54 Å². The number of benzene rings is 1. The van der Waals surface area contributed by atoms with E-state index >= 15 is 0 Å². The molecule has 0 bridgehead atoms. The van der Waals surface area contributed by atoms with Crippen molar-refractivity contribution in [3.63, 3.8) is 0 Å². The molecule has 11 nitrogen and oxygen atoms in total. The maximum atomic E-state index is 12.7. The lowest BCUT2D eigenvalue weighted by Crippen LogP contribution is -2.51. The number of imide groups is 1. The van der Waals surface area contributed by atoms with Gasteiger partial charge in [-0.3, -0.25) is 29.4 Å². The molecule has 0 aliphatic carbocycles. The van der Waals surface area contributed by atoms with Gasteiger partial charge in [-0.15, -0.1) is 0 Å². The van der Waals surface area contributed by atoms with Gasteiger partial charge >= 0.3 is 6.03 Å². The number of urea groups is 1. The first-order valence-corrected chi connectivity index (χ1v) is 10.2. The standard InChI is InChI=1S/C20H25N5O6/c1-3-22(4-2)20(29)21-13-7-9-23(10-8-13)17(26)12-24-18(27)15-6-5-14(25(30)31)11-16(15)19(24)28/h5-6,11,13H,3-4,7-10,12H2,1-2H3,(H,21,29). The summed E-state index contributed by atoms with van der Waals surface area (Å²) in [4.78, 5) is 64.3. The zero-order chi connectivity index (χ0) is 22.7. The molecule has 2 aliphatic rings. The van der Waals surface area contributed by atoms with Gasteiger partial charge in [-0.1, -0.05) is 0 Å². The molecule has 0 aromatic heterocycles. The molecule has 1 aromatic carbocycles. The van der Waals surface area contributed by atoms with Crippen LogP contribution in [0.15, 0.2) is 18.2 Å². The van der Waals surface area contributed by atoms with Gasteiger partial charge in [0.25, 0.3) is 17.5 Å². The van der Waals surface area contributed by atoms with Crippen LogP contribution in [0.2, 0.25) is 0 Å². The number of hydrogen-bond donors (Lipinski definition) is 1. The van der Waals surface area contributed by atoms with Gasteiger partial charge in [0, 0.05) is 44.4 Å². The van der Waals surface area contributed by atoms with E-state index in [0.29, 0.717) is 39.0 Å². The van der Waals surface area contributed by atoms with Gasteiger partial charge in [-0.25, -0.2) is 4.79 Å². The van der Waals surface area contributed by atoms with Crippen molar-refractivity contribution in [3.05, 3.63) is 39.4 Å². The molecule has 1 fully saturated rings. The van der Waals surface area contributed by atoms with Gasteiger partial charge in [0.15, 0.2) is 0 Å². The number of hydrogen-bond acceptors (Lipinski definition) is 6. The molecular formula is C20H25N5O6. The molecule has 0 unspecified atom stereocenters. The number of rotatable bonds is 6. The average molecular weight is 431 g/mol. The predicted octanol–water partition coefficient (Wildman–Crippen LogP) is 1.23. The van der Waals surface area contributed by atoms with E-state index in [9.17, 15) is 29.3 Å². The number of nitro groups is 1. The molecule has 11 heteroatoms. The zero-order valence-corrected chi connectivity index (χ0v) is 17.5. The Morgan fingerprint density at radius 2 is 1.74 bits per heavy atom. The molecule has 2 aliphatic heterocycles. The minimum atomic E-state index is -0.710. The molecule has 0 atom stereocenters. The second kappa shape index (κ2) is 9.11. The molecule has 1 aromatic rings. The van der Waals surface area contributed by atoms with Crippen molar-refractivity contribution >= 4 is 29.4 Å². The summed E-state index contributed by atoms with van der Waals surface area (Å²) in [6, 6.07) is 3.28. The highest BCUT2D eigenvalue weighted by Gasteiger charge is 2.39. The first-order chi connectivity index (χ1) is 14.8. The summed E-state index contributed by atoms with van der Waals surface area (Å²) >= 11 is 0. The van der Waals surface area contributed by atoms with E-state index in [2.05, 4.69) is 5.32 Å². The highest BCUT2D eigenvalue weighted by Crippen LogP contribution is 2.27.